The fraction of sp³-hybridized carbons (Fsp3) is 0.444. The lowest BCUT2D eigenvalue weighted by Crippen LogP contribution is -2.36. The van der Waals surface area contributed by atoms with Crippen LogP contribution in [0.2, 0.25) is 0 Å². The molecule has 1 saturated heterocycles. The standard InChI is InChI=1S/C18H18F5N5O/c19-14-12(3-4-13(15(14)20)28-5-7-29-8-6-28)26-17-24-9-11(18(21,22)23)16(27-17)25-10-1-2-10/h3-4,9-10H,1-2,5-8H2,(H2,24,25,26,27). The fourth-order valence-corrected chi connectivity index (χ4v) is 2.99. The number of morpholine rings is 1. The Morgan fingerprint density at radius 1 is 1.07 bits per heavy atom. The molecule has 2 heterocycles. The summed E-state index contributed by atoms with van der Waals surface area (Å²) < 4.78 is 73.7. The number of halogens is 5. The average molecular weight is 415 g/mol. The maximum atomic E-state index is 14.5. The molecule has 0 radical (unpaired) electrons. The van der Waals surface area contributed by atoms with E-state index in [0.29, 0.717) is 32.5 Å². The molecule has 29 heavy (non-hydrogen) atoms. The molecule has 1 aromatic heterocycles. The van der Waals surface area contributed by atoms with Crippen molar-refractivity contribution in [3.63, 3.8) is 0 Å². The maximum absolute atomic E-state index is 14.5. The molecule has 1 aromatic carbocycles. The Labute approximate surface area is 163 Å². The van der Waals surface area contributed by atoms with Gasteiger partial charge >= 0.3 is 6.18 Å². The first-order chi connectivity index (χ1) is 13.8. The SMILES string of the molecule is Fc1c(Nc2ncc(C(F)(F)F)c(NC3CC3)n2)ccc(N2CCOCC2)c1F. The van der Waals surface area contributed by atoms with E-state index in [1.807, 2.05) is 0 Å². The van der Waals surface area contributed by atoms with Gasteiger partial charge in [-0.3, -0.25) is 0 Å². The Bertz CT molecular complexity index is 897. The number of nitrogens with one attached hydrogen (secondary N) is 2. The van der Waals surface area contributed by atoms with Crippen LogP contribution >= 0.6 is 0 Å². The number of hydrogen-bond acceptors (Lipinski definition) is 6. The number of anilines is 4. The molecular formula is C18H18F5N5O. The molecule has 4 rings (SSSR count). The van der Waals surface area contributed by atoms with Crippen LogP contribution in [-0.2, 0) is 10.9 Å². The van der Waals surface area contributed by atoms with Crippen LogP contribution in [0, 0.1) is 11.6 Å². The quantitative estimate of drug-likeness (QED) is 0.722. The van der Waals surface area contributed by atoms with E-state index in [-0.39, 0.29) is 29.2 Å². The molecule has 0 spiro atoms. The minimum Gasteiger partial charge on any atom is -0.378 e. The zero-order valence-electron chi connectivity index (χ0n) is 15.2. The van der Waals surface area contributed by atoms with Crippen molar-refractivity contribution in [2.24, 2.45) is 0 Å². The van der Waals surface area contributed by atoms with Gasteiger partial charge < -0.3 is 20.3 Å². The highest BCUT2D eigenvalue weighted by Gasteiger charge is 2.37. The van der Waals surface area contributed by atoms with Gasteiger partial charge in [-0.25, -0.2) is 13.8 Å². The Balaban J connectivity index is 1.59. The highest BCUT2D eigenvalue weighted by Crippen LogP contribution is 2.36. The fourth-order valence-electron chi connectivity index (χ4n) is 2.99. The molecule has 0 bridgehead atoms. The molecule has 0 atom stereocenters. The number of rotatable bonds is 5. The number of aromatic nitrogens is 2. The van der Waals surface area contributed by atoms with Crippen LogP contribution in [-0.4, -0.2) is 42.3 Å². The second kappa shape index (κ2) is 7.62. The summed E-state index contributed by atoms with van der Waals surface area (Å²) in [6.07, 6.45) is -2.52. The van der Waals surface area contributed by atoms with E-state index in [2.05, 4.69) is 20.6 Å². The van der Waals surface area contributed by atoms with Crippen LogP contribution in [0.1, 0.15) is 18.4 Å². The molecule has 0 amide bonds. The lowest BCUT2D eigenvalue weighted by molar-refractivity contribution is -0.137. The van der Waals surface area contributed by atoms with Gasteiger partial charge in [0.25, 0.3) is 0 Å². The van der Waals surface area contributed by atoms with Gasteiger partial charge in [0.15, 0.2) is 11.6 Å². The maximum Gasteiger partial charge on any atom is 0.421 e. The van der Waals surface area contributed by atoms with Crippen molar-refractivity contribution in [2.45, 2.75) is 25.1 Å². The summed E-state index contributed by atoms with van der Waals surface area (Å²) in [5.41, 5.74) is -1.18. The largest absolute Gasteiger partial charge is 0.421 e. The van der Waals surface area contributed by atoms with Crippen molar-refractivity contribution in [3.8, 4) is 0 Å². The molecule has 1 saturated carbocycles. The first kappa shape index (κ1) is 19.6. The lowest BCUT2D eigenvalue weighted by atomic mass is 10.2. The van der Waals surface area contributed by atoms with E-state index in [9.17, 15) is 22.0 Å². The first-order valence-corrected chi connectivity index (χ1v) is 9.11. The Kier molecular flexibility index (Phi) is 5.15. The lowest BCUT2D eigenvalue weighted by Gasteiger charge is -2.29. The van der Waals surface area contributed by atoms with Crippen LogP contribution in [0.15, 0.2) is 18.3 Å². The van der Waals surface area contributed by atoms with Gasteiger partial charge in [0, 0.05) is 25.3 Å². The normalized spacial score (nSPS) is 17.3. The van der Waals surface area contributed by atoms with E-state index < -0.39 is 23.4 Å². The van der Waals surface area contributed by atoms with Gasteiger partial charge in [0.2, 0.25) is 5.95 Å². The number of hydrogen-bond donors (Lipinski definition) is 2. The third kappa shape index (κ3) is 4.34. The Morgan fingerprint density at radius 2 is 1.79 bits per heavy atom. The summed E-state index contributed by atoms with van der Waals surface area (Å²) in [6, 6.07) is 2.62. The second-order valence-corrected chi connectivity index (χ2v) is 6.86. The molecule has 2 aliphatic rings. The van der Waals surface area contributed by atoms with E-state index in [1.165, 1.54) is 12.1 Å². The number of alkyl halides is 3. The number of benzene rings is 1. The van der Waals surface area contributed by atoms with Gasteiger partial charge in [-0.15, -0.1) is 0 Å². The van der Waals surface area contributed by atoms with Gasteiger partial charge in [-0.2, -0.15) is 18.2 Å². The van der Waals surface area contributed by atoms with Crippen molar-refractivity contribution in [1.29, 1.82) is 0 Å². The predicted octanol–water partition coefficient (Wildman–Crippen LogP) is 3.93. The molecule has 11 heteroatoms. The summed E-state index contributed by atoms with van der Waals surface area (Å²) in [7, 11) is 0. The van der Waals surface area contributed by atoms with Gasteiger partial charge in [-0.05, 0) is 25.0 Å². The highest BCUT2D eigenvalue weighted by molar-refractivity contribution is 5.62. The molecule has 1 aliphatic heterocycles. The van der Waals surface area contributed by atoms with Crippen LogP contribution in [0.25, 0.3) is 0 Å². The van der Waals surface area contributed by atoms with Crippen molar-refractivity contribution >= 4 is 23.1 Å². The van der Waals surface area contributed by atoms with E-state index >= 15 is 0 Å². The zero-order chi connectivity index (χ0) is 20.6. The Morgan fingerprint density at radius 3 is 2.45 bits per heavy atom. The van der Waals surface area contributed by atoms with Crippen LogP contribution < -0.4 is 15.5 Å². The predicted molar refractivity (Wildman–Crippen MR) is 96.4 cm³/mol. The molecular weight excluding hydrogens is 397 g/mol. The summed E-state index contributed by atoms with van der Waals surface area (Å²) in [5.74, 6) is -2.86. The molecule has 2 aromatic rings. The highest BCUT2D eigenvalue weighted by atomic mass is 19.4. The van der Waals surface area contributed by atoms with Crippen molar-refractivity contribution < 1.29 is 26.7 Å². The van der Waals surface area contributed by atoms with Crippen molar-refractivity contribution in [1.82, 2.24) is 9.97 Å². The summed E-state index contributed by atoms with van der Waals surface area (Å²) in [5, 5.41) is 5.17. The first-order valence-electron chi connectivity index (χ1n) is 9.11. The van der Waals surface area contributed by atoms with Gasteiger partial charge in [0.1, 0.15) is 11.4 Å². The van der Waals surface area contributed by atoms with E-state index in [1.54, 1.807) is 4.90 Å². The van der Waals surface area contributed by atoms with Gasteiger partial charge in [0.05, 0.1) is 24.6 Å². The molecule has 156 valence electrons. The smallest absolute Gasteiger partial charge is 0.378 e. The van der Waals surface area contributed by atoms with E-state index in [4.69, 9.17) is 4.74 Å². The number of ether oxygens (including phenoxy) is 1. The minimum absolute atomic E-state index is 0.0826. The zero-order valence-corrected chi connectivity index (χ0v) is 15.2. The van der Waals surface area contributed by atoms with Crippen LogP contribution in [0.5, 0.6) is 0 Å². The topological polar surface area (TPSA) is 62.3 Å². The average Bonchev–Trinajstić information content (AvgIpc) is 3.50. The molecule has 1 aliphatic carbocycles. The molecule has 2 N–H and O–H groups in total. The third-order valence-electron chi connectivity index (χ3n) is 4.67. The van der Waals surface area contributed by atoms with E-state index in [0.717, 1.165) is 12.8 Å². The van der Waals surface area contributed by atoms with Gasteiger partial charge in [-0.1, -0.05) is 0 Å². The second-order valence-electron chi connectivity index (χ2n) is 6.86. The Hall–Kier alpha value is -2.69. The minimum atomic E-state index is -4.63. The molecule has 2 fully saturated rings. The summed E-state index contributed by atoms with van der Waals surface area (Å²) in [6.45, 7) is 1.69. The third-order valence-corrected chi connectivity index (χ3v) is 4.67. The van der Waals surface area contributed by atoms with Crippen molar-refractivity contribution in [3.05, 3.63) is 35.5 Å². The summed E-state index contributed by atoms with van der Waals surface area (Å²) >= 11 is 0. The molecule has 6 nitrogen and oxygen atoms in total. The van der Waals surface area contributed by atoms with Crippen LogP contribution in [0.3, 0.4) is 0 Å². The molecule has 0 unspecified atom stereocenters. The van der Waals surface area contributed by atoms with Crippen LogP contribution in [0.4, 0.5) is 45.1 Å². The monoisotopic (exact) mass is 415 g/mol. The summed E-state index contributed by atoms with van der Waals surface area (Å²) in [4.78, 5) is 9.11. The number of nitrogens with zero attached hydrogens (tertiary/aromatic N) is 3. The van der Waals surface area contributed by atoms with Crippen molar-refractivity contribution in [2.75, 3.05) is 41.8 Å².